The van der Waals surface area contributed by atoms with Gasteiger partial charge in [0.05, 0.1) is 16.6 Å². The lowest BCUT2D eigenvalue weighted by molar-refractivity contribution is 0.0717. The van der Waals surface area contributed by atoms with E-state index in [1.54, 1.807) is 22.7 Å². The highest BCUT2D eigenvalue weighted by molar-refractivity contribution is 8.00. The lowest BCUT2D eigenvalue weighted by atomic mass is 9.94. The molecule has 6 nitrogen and oxygen atoms in total. The number of oxime groups is 1. The Kier molecular flexibility index (Phi) is 4.04. The van der Waals surface area contributed by atoms with Crippen LogP contribution in [0, 0.1) is 0 Å². The molecule has 0 aliphatic carbocycles. The standard InChI is InChI=1S/C12H17N3O3S/c1-19-12(11(13)14-17)3-5-15(6-4-12)10(16)9-2-7-18-8-9/h2,7-8,17H,3-6H2,1H3,(H2,13,14). The van der Waals surface area contributed by atoms with Crippen LogP contribution in [-0.4, -0.2) is 45.9 Å². The molecule has 3 N–H and O–H groups in total. The number of amidine groups is 1. The summed E-state index contributed by atoms with van der Waals surface area (Å²) in [6.45, 7) is 1.17. The second-order valence-electron chi connectivity index (χ2n) is 4.49. The topological polar surface area (TPSA) is 92.1 Å². The predicted molar refractivity (Wildman–Crippen MR) is 73.5 cm³/mol. The zero-order valence-corrected chi connectivity index (χ0v) is 11.5. The van der Waals surface area contributed by atoms with Crippen LogP contribution in [0.15, 0.2) is 28.2 Å². The number of hydrogen-bond acceptors (Lipinski definition) is 5. The molecule has 1 aromatic heterocycles. The van der Waals surface area contributed by atoms with Gasteiger partial charge in [-0.15, -0.1) is 0 Å². The Hall–Kier alpha value is -1.63. The van der Waals surface area contributed by atoms with Crippen LogP contribution in [0.4, 0.5) is 0 Å². The van der Waals surface area contributed by atoms with E-state index in [4.69, 9.17) is 15.4 Å². The van der Waals surface area contributed by atoms with E-state index in [2.05, 4.69) is 5.16 Å². The molecule has 0 spiro atoms. The van der Waals surface area contributed by atoms with Crippen molar-refractivity contribution in [3.8, 4) is 0 Å². The Bertz CT molecular complexity index is 465. The molecule has 1 aliphatic rings. The molecule has 1 saturated heterocycles. The maximum Gasteiger partial charge on any atom is 0.257 e. The number of likely N-dealkylation sites (tertiary alicyclic amines) is 1. The number of carbonyl (C=O) groups is 1. The number of rotatable bonds is 3. The molecule has 19 heavy (non-hydrogen) atoms. The van der Waals surface area contributed by atoms with Gasteiger partial charge in [0.1, 0.15) is 6.26 Å². The lowest BCUT2D eigenvalue weighted by Crippen LogP contribution is -2.51. The highest BCUT2D eigenvalue weighted by atomic mass is 32.2. The fraction of sp³-hybridized carbons (Fsp3) is 0.500. The molecule has 0 atom stereocenters. The molecule has 1 fully saturated rings. The quantitative estimate of drug-likeness (QED) is 0.378. The normalized spacial score (nSPS) is 19.4. The van der Waals surface area contributed by atoms with Crippen LogP contribution in [0.25, 0.3) is 0 Å². The third-order valence-corrected chi connectivity index (χ3v) is 4.99. The second kappa shape index (κ2) is 5.56. The van der Waals surface area contributed by atoms with E-state index in [-0.39, 0.29) is 16.5 Å². The predicted octanol–water partition coefficient (Wildman–Crippen LogP) is 1.36. The van der Waals surface area contributed by atoms with Crippen LogP contribution < -0.4 is 5.73 Å². The van der Waals surface area contributed by atoms with Gasteiger partial charge in [0, 0.05) is 13.1 Å². The summed E-state index contributed by atoms with van der Waals surface area (Å²) in [6.07, 6.45) is 6.22. The maximum absolute atomic E-state index is 12.1. The van der Waals surface area contributed by atoms with Gasteiger partial charge < -0.3 is 20.3 Å². The summed E-state index contributed by atoms with van der Waals surface area (Å²) < 4.78 is 4.55. The van der Waals surface area contributed by atoms with E-state index in [1.165, 1.54) is 12.5 Å². The molecular weight excluding hydrogens is 266 g/mol. The van der Waals surface area contributed by atoms with Gasteiger partial charge in [-0.3, -0.25) is 4.79 Å². The second-order valence-corrected chi connectivity index (χ2v) is 5.68. The van der Waals surface area contributed by atoms with Gasteiger partial charge in [0.2, 0.25) is 0 Å². The Labute approximate surface area is 115 Å². The van der Waals surface area contributed by atoms with Crippen LogP contribution in [0.5, 0.6) is 0 Å². The first-order valence-corrected chi connectivity index (χ1v) is 7.20. The molecule has 0 aromatic carbocycles. The van der Waals surface area contributed by atoms with Crippen LogP contribution in [0.3, 0.4) is 0 Å². The Morgan fingerprint density at radius 2 is 2.26 bits per heavy atom. The SMILES string of the molecule is CSC1(C(N)=NO)CCN(C(=O)c2ccoc2)CC1. The van der Waals surface area contributed by atoms with Gasteiger partial charge in [-0.1, -0.05) is 5.16 Å². The summed E-state index contributed by atoms with van der Waals surface area (Å²) in [4.78, 5) is 13.9. The Morgan fingerprint density at radius 1 is 1.58 bits per heavy atom. The summed E-state index contributed by atoms with van der Waals surface area (Å²) in [5, 5.41) is 12.0. The Balaban J connectivity index is 2.04. The fourth-order valence-electron chi connectivity index (χ4n) is 2.30. The fourth-order valence-corrected chi connectivity index (χ4v) is 3.14. The number of nitrogens with zero attached hydrogens (tertiary/aromatic N) is 2. The van der Waals surface area contributed by atoms with Crippen molar-refractivity contribution in [3.05, 3.63) is 24.2 Å². The minimum absolute atomic E-state index is 0.0389. The summed E-state index contributed by atoms with van der Waals surface area (Å²) in [6, 6.07) is 1.66. The van der Waals surface area contributed by atoms with E-state index < -0.39 is 0 Å². The number of nitrogens with two attached hydrogens (primary N) is 1. The molecule has 1 amide bonds. The molecule has 2 rings (SSSR count). The third kappa shape index (κ3) is 2.56. The van der Waals surface area contributed by atoms with Crippen LogP contribution in [0.1, 0.15) is 23.2 Å². The van der Waals surface area contributed by atoms with Crippen molar-refractivity contribution in [2.45, 2.75) is 17.6 Å². The van der Waals surface area contributed by atoms with Crippen molar-refractivity contribution in [1.29, 1.82) is 0 Å². The van der Waals surface area contributed by atoms with Crippen LogP contribution in [0.2, 0.25) is 0 Å². The van der Waals surface area contributed by atoms with Gasteiger partial charge in [0.15, 0.2) is 5.84 Å². The average molecular weight is 283 g/mol. The molecule has 0 unspecified atom stereocenters. The molecule has 104 valence electrons. The van der Waals surface area contributed by atoms with E-state index in [0.29, 0.717) is 31.5 Å². The number of carbonyl (C=O) groups excluding carboxylic acids is 1. The maximum atomic E-state index is 12.1. The first-order chi connectivity index (χ1) is 9.13. The van der Waals surface area contributed by atoms with Gasteiger partial charge in [-0.25, -0.2) is 0 Å². The molecule has 0 radical (unpaired) electrons. The van der Waals surface area contributed by atoms with Crippen molar-refractivity contribution in [2.75, 3.05) is 19.3 Å². The zero-order valence-electron chi connectivity index (χ0n) is 10.7. The van der Waals surface area contributed by atoms with Gasteiger partial charge >= 0.3 is 0 Å². The summed E-state index contributed by atoms with van der Waals surface area (Å²) in [5.41, 5.74) is 6.33. The number of amides is 1. The zero-order chi connectivity index (χ0) is 13.9. The Morgan fingerprint density at radius 3 is 2.74 bits per heavy atom. The molecule has 1 aromatic rings. The summed E-state index contributed by atoms with van der Waals surface area (Å²) in [5.74, 6) is 0.193. The molecule has 2 heterocycles. The number of thioether (sulfide) groups is 1. The van der Waals surface area contributed by atoms with Gasteiger partial charge in [-0.05, 0) is 25.2 Å². The summed E-state index contributed by atoms with van der Waals surface area (Å²) >= 11 is 1.56. The molecular formula is C12H17N3O3S. The minimum Gasteiger partial charge on any atom is -0.472 e. The number of hydrogen-bond donors (Lipinski definition) is 2. The van der Waals surface area contributed by atoms with Crippen LogP contribution >= 0.6 is 11.8 Å². The van der Waals surface area contributed by atoms with Crippen molar-refractivity contribution in [3.63, 3.8) is 0 Å². The van der Waals surface area contributed by atoms with Gasteiger partial charge in [-0.2, -0.15) is 11.8 Å². The van der Waals surface area contributed by atoms with Crippen LogP contribution in [-0.2, 0) is 0 Å². The lowest BCUT2D eigenvalue weighted by Gasteiger charge is -2.39. The molecule has 7 heteroatoms. The monoisotopic (exact) mass is 283 g/mol. The molecule has 0 bridgehead atoms. The van der Waals surface area contributed by atoms with Crippen molar-refractivity contribution in [1.82, 2.24) is 4.90 Å². The van der Waals surface area contributed by atoms with E-state index in [9.17, 15) is 4.79 Å². The average Bonchev–Trinajstić information content (AvgIpc) is 3.00. The number of piperidine rings is 1. The van der Waals surface area contributed by atoms with E-state index >= 15 is 0 Å². The summed E-state index contributed by atoms with van der Waals surface area (Å²) in [7, 11) is 0. The minimum atomic E-state index is -0.373. The molecule has 0 saturated carbocycles. The van der Waals surface area contributed by atoms with E-state index in [0.717, 1.165) is 0 Å². The smallest absolute Gasteiger partial charge is 0.257 e. The van der Waals surface area contributed by atoms with Crippen molar-refractivity contribution in [2.24, 2.45) is 10.9 Å². The highest BCUT2D eigenvalue weighted by Crippen LogP contribution is 2.35. The van der Waals surface area contributed by atoms with Crippen molar-refractivity contribution < 1.29 is 14.4 Å². The van der Waals surface area contributed by atoms with Crippen molar-refractivity contribution >= 4 is 23.5 Å². The number of furan rings is 1. The highest BCUT2D eigenvalue weighted by Gasteiger charge is 2.39. The third-order valence-electron chi connectivity index (χ3n) is 3.59. The largest absolute Gasteiger partial charge is 0.472 e. The first kappa shape index (κ1) is 13.8. The van der Waals surface area contributed by atoms with Gasteiger partial charge in [0.25, 0.3) is 5.91 Å². The molecule has 1 aliphatic heterocycles. The van der Waals surface area contributed by atoms with E-state index in [1.807, 2.05) is 6.26 Å². The first-order valence-electron chi connectivity index (χ1n) is 5.97.